The highest BCUT2D eigenvalue weighted by atomic mass is 79.9. The van der Waals surface area contributed by atoms with Crippen molar-refractivity contribution in [3.8, 4) is 0 Å². The van der Waals surface area contributed by atoms with Gasteiger partial charge < -0.3 is 10.4 Å². The summed E-state index contributed by atoms with van der Waals surface area (Å²) in [4.78, 5) is 36.8. The summed E-state index contributed by atoms with van der Waals surface area (Å²) in [7, 11) is 0. The average molecular weight is 355 g/mol. The van der Waals surface area contributed by atoms with Crippen LogP contribution in [-0.4, -0.2) is 47.4 Å². The molecule has 0 bridgehead atoms. The first-order chi connectivity index (χ1) is 10.0. The zero-order valence-electron chi connectivity index (χ0n) is 11.3. The van der Waals surface area contributed by atoms with E-state index in [9.17, 15) is 14.4 Å². The number of rotatable bonds is 6. The topological polar surface area (TPSA) is 86.7 Å². The molecule has 1 aromatic carbocycles. The second kappa shape index (κ2) is 6.82. The Kier molecular flexibility index (Phi) is 5.08. The predicted octanol–water partition coefficient (Wildman–Crippen LogP) is 0.934. The van der Waals surface area contributed by atoms with Gasteiger partial charge in [0, 0.05) is 24.0 Å². The van der Waals surface area contributed by atoms with Crippen LogP contribution in [0, 0.1) is 0 Å². The third-order valence-corrected chi connectivity index (χ3v) is 3.65. The van der Waals surface area contributed by atoms with E-state index in [4.69, 9.17) is 5.11 Å². The van der Waals surface area contributed by atoms with Crippen molar-refractivity contribution in [1.29, 1.82) is 0 Å². The molecule has 0 saturated heterocycles. The molecule has 21 heavy (non-hydrogen) atoms. The zero-order chi connectivity index (χ0) is 15.4. The molecule has 0 fully saturated rings. The molecule has 0 aromatic heterocycles. The van der Waals surface area contributed by atoms with Gasteiger partial charge in [0.25, 0.3) is 11.8 Å². The van der Waals surface area contributed by atoms with E-state index >= 15 is 0 Å². The van der Waals surface area contributed by atoms with Crippen LogP contribution in [0.2, 0.25) is 0 Å². The lowest BCUT2D eigenvalue weighted by Gasteiger charge is -2.13. The zero-order valence-corrected chi connectivity index (χ0v) is 12.9. The minimum absolute atomic E-state index is 0.112. The fraction of sp³-hybridized carbons (Fsp3) is 0.357. The van der Waals surface area contributed by atoms with E-state index < -0.39 is 0 Å². The molecule has 3 amide bonds. The highest BCUT2D eigenvalue weighted by molar-refractivity contribution is 9.10. The summed E-state index contributed by atoms with van der Waals surface area (Å²) in [6.45, 7) is 0.301. The number of hydrogen-bond acceptors (Lipinski definition) is 4. The minimum Gasteiger partial charge on any atom is -0.395 e. The van der Waals surface area contributed by atoms with Crippen molar-refractivity contribution in [3.05, 3.63) is 33.8 Å². The number of carbonyl (C=O) groups is 3. The van der Waals surface area contributed by atoms with E-state index in [0.29, 0.717) is 17.5 Å². The number of hydrogen-bond donors (Lipinski definition) is 2. The summed E-state index contributed by atoms with van der Waals surface area (Å²) < 4.78 is 0.743. The Labute approximate surface area is 130 Å². The van der Waals surface area contributed by atoms with Crippen LogP contribution in [0.25, 0.3) is 0 Å². The molecule has 0 saturated carbocycles. The Morgan fingerprint density at radius 1 is 1.24 bits per heavy atom. The number of imide groups is 1. The Morgan fingerprint density at radius 3 is 2.67 bits per heavy atom. The van der Waals surface area contributed by atoms with Crippen molar-refractivity contribution >= 4 is 33.7 Å². The van der Waals surface area contributed by atoms with Crippen molar-refractivity contribution in [1.82, 2.24) is 10.2 Å². The maximum atomic E-state index is 12.2. The molecule has 0 unspecified atom stereocenters. The van der Waals surface area contributed by atoms with Crippen molar-refractivity contribution in [2.24, 2.45) is 0 Å². The Hall–Kier alpha value is -1.73. The predicted molar refractivity (Wildman–Crippen MR) is 78.8 cm³/mol. The second-order valence-corrected chi connectivity index (χ2v) is 5.54. The van der Waals surface area contributed by atoms with Crippen molar-refractivity contribution in [2.75, 3.05) is 19.7 Å². The number of halogens is 1. The highest BCUT2D eigenvalue weighted by Gasteiger charge is 2.35. The van der Waals surface area contributed by atoms with Crippen molar-refractivity contribution < 1.29 is 19.5 Å². The molecule has 7 heteroatoms. The van der Waals surface area contributed by atoms with Crippen LogP contribution >= 0.6 is 15.9 Å². The molecule has 1 heterocycles. The second-order valence-electron chi connectivity index (χ2n) is 4.63. The molecule has 2 rings (SSSR count). The van der Waals surface area contributed by atoms with Crippen LogP contribution in [0.15, 0.2) is 22.7 Å². The Bertz CT molecular complexity index is 588. The normalized spacial score (nSPS) is 13.5. The smallest absolute Gasteiger partial charge is 0.261 e. The first-order valence-electron chi connectivity index (χ1n) is 6.58. The van der Waals surface area contributed by atoms with Gasteiger partial charge in [-0.1, -0.05) is 15.9 Å². The van der Waals surface area contributed by atoms with E-state index in [1.165, 1.54) is 0 Å². The van der Waals surface area contributed by atoms with Crippen molar-refractivity contribution in [2.45, 2.75) is 12.8 Å². The summed E-state index contributed by atoms with van der Waals surface area (Å²) in [5.41, 5.74) is 0.784. The maximum Gasteiger partial charge on any atom is 0.261 e. The lowest BCUT2D eigenvalue weighted by Crippen LogP contribution is -2.32. The molecule has 0 radical (unpaired) electrons. The lowest BCUT2D eigenvalue weighted by molar-refractivity contribution is -0.121. The molecule has 0 atom stereocenters. The fourth-order valence-corrected chi connectivity index (χ4v) is 2.51. The van der Waals surface area contributed by atoms with E-state index in [0.717, 1.165) is 9.37 Å². The summed E-state index contributed by atoms with van der Waals surface area (Å²) in [6.07, 6.45) is 0.598. The fourth-order valence-electron chi connectivity index (χ4n) is 2.15. The Morgan fingerprint density at radius 2 is 1.95 bits per heavy atom. The maximum absolute atomic E-state index is 12.2. The monoisotopic (exact) mass is 354 g/mol. The van der Waals surface area contributed by atoms with E-state index in [-0.39, 0.29) is 43.8 Å². The summed E-state index contributed by atoms with van der Waals surface area (Å²) >= 11 is 3.27. The van der Waals surface area contributed by atoms with E-state index in [2.05, 4.69) is 21.2 Å². The molecule has 1 aliphatic heterocycles. The van der Waals surface area contributed by atoms with Crippen LogP contribution in [0.5, 0.6) is 0 Å². The van der Waals surface area contributed by atoms with Crippen LogP contribution in [0.1, 0.15) is 33.6 Å². The molecule has 1 aromatic rings. The standard InChI is InChI=1S/C14H15BrN2O4/c15-9-3-4-10-11(8-9)14(21)17(13(10)20)6-1-2-12(19)16-5-7-18/h3-4,8,18H,1-2,5-7H2,(H,16,19). The number of aliphatic hydroxyl groups is 1. The van der Waals surface area contributed by atoms with Gasteiger partial charge in [0.15, 0.2) is 0 Å². The summed E-state index contributed by atoms with van der Waals surface area (Å²) in [6, 6.07) is 4.97. The molecule has 1 aliphatic rings. The molecule has 2 N–H and O–H groups in total. The summed E-state index contributed by atoms with van der Waals surface area (Å²) in [5.74, 6) is -0.853. The average Bonchev–Trinajstić information content (AvgIpc) is 2.69. The van der Waals surface area contributed by atoms with Gasteiger partial charge in [-0.05, 0) is 24.6 Å². The largest absolute Gasteiger partial charge is 0.395 e. The van der Waals surface area contributed by atoms with Gasteiger partial charge in [0.05, 0.1) is 17.7 Å². The number of nitrogens with zero attached hydrogens (tertiary/aromatic N) is 1. The number of aliphatic hydroxyl groups excluding tert-OH is 1. The van der Waals surface area contributed by atoms with Gasteiger partial charge in [-0.2, -0.15) is 0 Å². The van der Waals surface area contributed by atoms with Gasteiger partial charge in [0.2, 0.25) is 5.91 Å². The van der Waals surface area contributed by atoms with Gasteiger partial charge in [0.1, 0.15) is 0 Å². The molecule has 0 spiro atoms. The van der Waals surface area contributed by atoms with Gasteiger partial charge >= 0.3 is 0 Å². The number of nitrogens with one attached hydrogen (secondary N) is 1. The molecule has 112 valence electrons. The molecule has 0 aliphatic carbocycles. The molecular weight excluding hydrogens is 340 g/mol. The van der Waals surface area contributed by atoms with Crippen molar-refractivity contribution in [3.63, 3.8) is 0 Å². The molecule has 6 nitrogen and oxygen atoms in total. The quantitative estimate of drug-likeness (QED) is 0.744. The Balaban J connectivity index is 1.93. The van der Waals surface area contributed by atoms with E-state index in [1.54, 1.807) is 18.2 Å². The first kappa shape index (κ1) is 15.7. The number of fused-ring (bicyclic) bond motifs is 1. The lowest BCUT2D eigenvalue weighted by atomic mass is 10.1. The van der Waals surface area contributed by atoms with Gasteiger partial charge in [-0.25, -0.2) is 0 Å². The van der Waals surface area contributed by atoms with Crippen LogP contribution in [0.3, 0.4) is 0 Å². The third kappa shape index (κ3) is 3.48. The number of benzene rings is 1. The van der Waals surface area contributed by atoms with Crippen LogP contribution in [0.4, 0.5) is 0 Å². The highest BCUT2D eigenvalue weighted by Crippen LogP contribution is 2.26. The van der Waals surface area contributed by atoms with Crippen LogP contribution in [-0.2, 0) is 4.79 Å². The van der Waals surface area contributed by atoms with Crippen LogP contribution < -0.4 is 5.32 Å². The first-order valence-corrected chi connectivity index (χ1v) is 7.37. The third-order valence-electron chi connectivity index (χ3n) is 3.15. The number of carbonyl (C=O) groups excluding carboxylic acids is 3. The van der Waals surface area contributed by atoms with E-state index in [1.807, 2.05) is 0 Å². The number of amides is 3. The molecular formula is C14H15BrN2O4. The van der Waals surface area contributed by atoms with Gasteiger partial charge in [-0.15, -0.1) is 0 Å². The SMILES string of the molecule is O=C(CCCN1C(=O)c2ccc(Br)cc2C1=O)NCCO. The van der Waals surface area contributed by atoms with Gasteiger partial charge in [-0.3, -0.25) is 19.3 Å². The summed E-state index contributed by atoms with van der Waals surface area (Å²) in [5, 5.41) is 11.1. The minimum atomic E-state index is -0.327.